The largest absolute Gasteiger partial charge is 0.273 e. The van der Waals surface area contributed by atoms with Crippen molar-refractivity contribution >= 4 is 10.8 Å². The molecule has 0 spiro atoms. The summed E-state index contributed by atoms with van der Waals surface area (Å²) in [5.74, 6) is 0. The number of fused-ring (bicyclic) bond motifs is 1. The number of nitrogens with zero attached hydrogens (tertiary/aromatic N) is 2. The highest BCUT2D eigenvalue weighted by Gasteiger charge is 2.04. The Labute approximate surface area is 79.0 Å². The zero-order valence-electron chi connectivity index (χ0n) is 7.65. The minimum Gasteiger partial charge on any atom is -0.267 e. The van der Waals surface area contributed by atoms with Crippen LogP contribution in [0, 0.1) is 0 Å². The van der Waals surface area contributed by atoms with Crippen LogP contribution < -0.4 is 11.1 Å². The van der Waals surface area contributed by atoms with Gasteiger partial charge in [-0.15, -0.1) is 0 Å². The van der Waals surface area contributed by atoms with Crippen molar-refractivity contribution in [2.24, 2.45) is 0 Å². The Kier molecular flexibility index (Phi) is 1.92. The van der Waals surface area contributed by atoms with Crippen molar-refractivity contribution in [2.75, 3.05) is 0 Å². The van der Waals surface area contributed by atoms with Gasteiger partial charge in [0.2, 0.25) is 0 Å². The number of aromatic amines is 1. The fourth-order valence-electron chi connectivity index (χ4n) is 1.36. The molecule has 2 heterocycles. The summed E-state index contributed by atoms with van der Waals surface area (Å²) in [6.45, 7) is 2.25. The van der Waals surface area contributed by atoms with Gasteiger partial charge in [0.25, 0.3) is 11.1 Å². The van der Waals surface area contributed by atoms with Crippen molar-refractivity contribution in [3.8, 4) is 0 Å². The first-order chi connectivity index (χ1) is 6.74. The molecule has 72 valence electrons. The summed E-state index contributed by atoms with van der Waals surface area (Å²) >= 11 is 0. The molecule has 0 saturated heterocycles. The van der Waals surface area contributed by atoms with Crippen LogP contribution in [0.2, 0.25) is 0 Å². The normalized spacial score (nSPS) is 10.6. The monoisotopic (exact) mass is 191 g/mol. The van der Waals surface area contributed by atoms with Crippen molar-refractivity contribution in [1.82, 2.24) is 14.8 Å². The Morgan fingerprint density at radius 1 is 1.43 bits per heavy atom. The Hall–Kier alpha value is -1.91. The highest BCUT2D eigenvalue weighted by Crippen LogP contribution is 1.99. The average Bonchev–Trinajstić information content (AvgIpc) is 2.23. The zero-order chi connectivity index (χ0) is 10.1. The molecule has 14 heavy (non-hydrogen) atoms. The van der Waals surface area contributed by atoms with E-state index in [1.54, 1.807) is 13.0 Å². The molecule has 1 N–H and O–H groups in total. The molecule has 2 aromatic heterocycles. The highest BCUT2D eigenvalue weighted by atomic mass is 16.2. The van der Waals surface area contributed by atoms with E-state index in [1.165, 1.54) is 17.1 Å². The summed E-state index contributed by atoms with van der Waals surface area (Å²) in [7, 11) is 0. The second-order valence-electron chi connectivity index (χ2n) is 2.91. The first-order valence-electron chi connectivity index (χ1n) is 4.31. The first kappa shape index (κ1) is 8.68. The SMILES string of the molecule is CCn1[nH]c(=O)c2cnccc2c1=O. The third kappa shape index (κ3) is 1.14. The maximum atomic E-state index is 11.7. The number of aryl methyl sites for hydroxylation is 1. The van der Waals surface area contributed by atoms with Crippen molar-refractivity contribution in [1.29, 1.82) is 0 Å². The molecule has 0 saturated carbocycles. The first-order valence-corrected chi connectivity index (χ1v) is 4.31. The molecule has 0 aliphatic carbocycles. The molecule has 0 aromatic carbocycles. The van der Waals surface area contributed by atoms with Gasteiger partial charge in [0, 0.05) is 18.9 Å². The molecular weight excluding hydrogens is 182 g/mol. The van der Waals surface area contributed by atoms with Crippen molar-refractivity contribution in [3.63, 3.8) is 0 Å². The molecule has 0 unspecified atom stereocenters. The molecule has 0 radical (unpaired) electrons. The third-order valence-electron chi connectivity index (χ3n) is 2.09. The van der Waals surface area contributed by atoms with E-state index in [2.05, 4.69) is 10.1 Å². The predicted octanol–water partition coefficient (Wildman–Crippen LogP) is 0.105. The fraction of sp³-hybridized carbons (Fsp3) is 0.222. The molecule has 5 heteroatoms. The van der Waals surface area contributed by atoms with E-state index in [0.717, 1.165) is 0 Å². The second kappa shape index (κ2) is 3.10. The number of H-pyrrole nitrogens is 1. The Morgan fingerprint density at radius 3 is 2.93 bits per heavy atom. The van der Waals surface area contributed by atoms with E-state index in [4.69, 9.17) is 0 Å². The van der Waals surface area contributed by atoms with Gasteiger partial charge in [-0.05, 0) is 13.0 Å². The van der Waals surface area contributed by atoms with Gasteiger partial charge < -0.3 is 0 Å². The standard InChI is InChI=1S/C9H9N3O2/c1-2-12-9(14)6-3-4-10-5-7(6)8(13)11-12/h3-5H,2H2,1H3,(H,11,13). The van der Waals surface area contributed by atoms with Crippen LogP contribution in [0.1, 0.15) is 6.92 Å². The molecule has 0 bridgehead atoms. The van der Waals surface area contributed by atoms with Crippen LogP contribution in [0.5, 0.6) is 0 Å². The molecule has 2 rings (SSSR count). The quantitative estimate of drug-likeness (QED) is 0.695. The van der Waals surface area contributed by atoms with Crippen LogP contribution in [0.3, 0.4) is 0 Å². The van der Waals surface area contributed by atoms with E-state index in [1.807, 2.05) is 0 Å². The van der Waals surface area contributed by atoms with E-state index in [0.29, 0.717) is 17.3 Å². The van der Waals surface area contributed by atoms with Gasteiger partial charge in [-0.25, -0.2) is 4.68 Å². The van der Waals surface area contributed by atoms with E-state index in [-0.39, 0.29) is 11.1 Å². The Bertz CT molecular complexity index is 582. The van der Waals surface area contributed by atoms with Crippen molar-refractivity contribution in [3.05, 3.63) is 39.2 Å². The lowest BCUT2D eigenvalue weighted by molar-refractivity contribution is 0.613. The number of hydrogen-bond acceptors (Lipinski definition) is 3. The van der Waals surface area contributed by atoms with Gasteiger partial charge in [0.05, 0.1) is 10.8 Å². The second-order valence-corrected chi connectivity index (χ2v) is 2.91. The van der Waals surface area contributed by atoms with Crippen LogP contribution in [0.15, 0.2) is 28.0 Å². The molecule has 0 atom stereocenters. The number of rotatable bonds is 1. The van der Waals surface area contributed by atoms with Gasteiger partial charge >= 0.3 is 0 Å². The lowest BCUT2D eigenvalue weighted by atomic mass is 10.2. The lowest BCUT2D eigenvalue weighted by Crippen LogP contribution is -2.29. The smallest absolute Gasteiger partial charge is 0.267 e. The maximum absolute atomic E-state index is 11.7. The van der Waals surface area contributed by atoms with E-state index < -0.39 is 0 Å². The van der Waals surface area contributed by atoms with Crippen LogP contribution in [-0.4, -0.2) is 14.8 Å². The summed E-state index contributed by atoms with van der Waals surface area (Å²) in [6, 6.07) is 1.55. The Balaban J connectivity index is 3.03. The van der Waals surface area contributed by atoms with Gasteiger partial charge in [0.15, 0.2) is 0 Å². The Morgan fingerprint density at radius 2 is 2.21 bits per heavy atom. The lowest BCUT2D eigenvalue weighted by Gasteiger charge is -2.02. The van der Waals surface area contributed by atoms with Gasteiger partial charge in [-0.1, -0.05) is 0 Å². The molecule has 2 aromatic rings. The number of nitrogens with one attached hydrogen (secondary N) is 1. The van der Waals surface area contributed by atoms with Gasteiger partial charge in [-0.3, -0.25) is 19.7 Å². The molecule has 0 fully saturated rings. The molecule has 5 nitrogen and oxygen atoms in total. The number of pyridine rings is 1. The molecule has 0 amide bonds. The van der Waals surface area contributed by atoms with Gasteiger partial charge in [0.1, 0.15) is 0 Å². The topological polar surface area (TPSA) is 67.8 Å². The van der Waals surface area contributed by atoms with Crippen LogP contribution in [-0.2, 0) is 6.54 Å². The predicted molar refractivity (Wildman–Crippen MR) is 52.3 cm³/mol. The van der Waals surface area contributed by atoms with Crippen LogP contribution in [0.4, 0.5) is 0 Å². The summed E-state index contributed by atoms with van der Waals surface area (Å²) in [5.41, 5.74) is -0.473. The minimum absolute atomic E-state index is 0.190. The summed E-state index contributed by atoms with van der Waals surface area (Å²) < 4.78 is 1.28. The average molecular weight is 191 g/mol. The maximum Gasteiger partial charge on any atom is 0.273 e. The van der Waals surface area contributed by atoms with Crippen molar-refractivity contribution < 1.29 is 0 Å². The number of aromatic nitrogens is 3. The third-order valence-corrected chi connectivity index (χ3v) is 2.09. The van der Waals surface area contributed by atoms with Crippen LogP contribution >= 0.6 is 0 Å². The van der Waals surface area contributed by atoms with Gasteiger partial charge in [-0.2, -0.15) is 0 Å². The molecule has 0 aliphatic rings. The zero-order valence-corrected chi connectivity index (χ0v) is 7.65. The van der Waals surface area contributed by atoms with Crippen LogP contribution in [0.25, 0.3) is 10.8 Å². The van der Waals surface area contributed by atoms with Crippen molar-refractivity contribution in [2.45, 2.75) is 13.5 Å². The molecule has 0 aliphatic heterocycles. The molecular formula is C9H9N3O2. The minimum atomic E-state index is -0.283. The summed E-state index contributed by atoms with van der Waals surface area (Å²) in [6.07, 6.45) is 2.90. The van der Waals surface area contributed by atoms with E-state index in [9.17, 15) is 9.59 Å². The summed E-state index contributed by atoms with van der Waals surface area (Å²) in [4.78, 5) is 26.9. The number of hydrogen-bond donors (Lipinski definition) is 1. The fourth-order valence-corrected chi connectivity index (χ4v) is 1.36. The van der Waals surface area contributed by atoms with E-state index >= 15 is 0 Å². The highest BCUT2D eigenvalue weighted by molar-refractivity contribution is 5.78. The summed E-state index contributed by atoms with van der Waals surface area (Å²) in [5, 5.41) is 3.22.